The van der Waals surface area contributed by atoms with Gasteiger partial charge in [0.05, 0.1) is 6.61 Å². The van der Waals surface area contributed by atoms with Gasteiger partial charge in [0, 0.05) is 24.8 Å². The van der Waals surface area contributed by atoms with E-state index in [0.29, 0.717) is 6.54 Å². The predicted molar refractivity (Wildman–Crippen MR) is 64.0 cm³/mol. The summed E-state index contributed by atoms with van der Waals surface area (Å²) in [6, 6.07) is 4.37. The Kier molecular flexibility index (Phi) is 4.71. The summed E-state index contributed by atoms with van der Waals surface area (Å²) >= 11 is 0. The Bertz CT molecular complexity index is 342. The molecule has 0 aliphatic heterocycles. The molecule has 1 aromatic rings. The van der Waals surface area contributed by atoms with Gasteiger partial charge in [0.15, 0.2) is 0 Å². The van der Waals surface area contributed by atoms with Crippen molar-refractivity contribution in [1.82, 2.24) is 0 Å². The fraction of sp³-hybridized carbons (Fsp3) is 0.500. The van der Waals surface area contributed by atoms with Crippen LogP contribution in [0.3, 0.4) is 0 Å². The topological polar surface area (TPSA) is 49.5 Å². The molecule has 0 spiro atoms. The molecule has 0 unspecified atom stereocenters. The van der Waals surface area contributed by atoms with Crippen LogP contribution < -0.4 is 10.6 Å². The van der Waals surface area contributed by atoms with Crippen LogP contribution in [0.4, 0.5) is 10.1 Å². The van der Waals surface area contributed by atoms with Crippen molar-refractivity contribution in [3.8, 4) is 0 Å². The summed E-state index contributed by atoms with van der Waals surface area (Å²) in [4.78, 5) is 1.98. The predicted octanol–water partition coefficient (Wildman–Crippen LogP) is 1.66. The van der Waals surface area contributed by atoms with Crippen LogP contribution in [0.25, 0.3) is 0 Å². The summed E-state index contributed by atoms with van der Waals surface area (Å²) in [7, 11) is 0. The van der Waals surface area contributed by atoms with Gasteiger partial charge in [-0.3, -0.25) is 0 Å². The summed E-state index contributed by atoms with van der Waals surface area (Å²) in [6.07, 6.45) is 0. The second-order valence-corrected chi connectivity index (χ2v) is 3.80. The zero-order valence-corrected chi connectivity index (χ0v) is 9.78. The number of hydrogen-bond acceptors (Lipinski definition) is 3. The number of aliphatic hydroxyl groups excluding tert-OH is 1. The lowest BCUT2D eigenvalue weighted by Crippen LogP contribution is -2.28. The molecule has 0 radical (unpaired) electrons. The summed E-state index contributed by atoms with van der Waals surface area (Å²) in [5, 5.41) is 8.97. The largest absolute Gasteiger partial charge is 0.395 e. The van der Waals surface area contributed by atoms with E-state index < -0.39 is 0 Å². The highest BCUT2D eigenvalue weighted by molar-refractivity contribution is 5.55. The van der Waals surface area contributed by atoms with Crippen LogP contribution in [0, 0.1) is 5.82 Å². The van der Waals surface area contributed by atoms with Crippen LogP contribution in [0.2, 0.25) is 0 Å². The Morgan fingerprint density at radius 1 is 1.50 bits per heavy atom. The van der Waals surface area contributed by atoms with Gasteiger partial charge in [-0.25, -0.2) is 4.39 Å². The van der Waals surface area contributed by atoms with Crippen molar-refractivity contribution in [2.45, 2.75) is 19.9 Å². The highest BCUT2D eigenvalue weighted by Gasteiger charge is 2.13. The van der Waals surface area contributed by atoms with Crippen LogP contribution >= 0.6 is 0 Å². The fourth-order valence-corrected chi connectivity index (χ4v) is 1.75. The molecular weight excluding hydrogens is 207 g/mol. The molecule has 0 aliphatic rings. The highest BCUT2D eigenvalue weighted by atomic mass is 19.1. The minimum atomic E-state index is -0.281. The van der Waals surface area contributed by atoms with Crippen molar-refractivity contribution in [2.24, 2.45) is 5.73 Å². The number of nitrogens with two attached hydrogens (primary N) is 1. The first-order valence-electron chi connectivity index (χ1n) is 5.51. The maximum Gasteiger partial charge on any atom is 0.123 e. The third-order valence-electron chi connectivity index (χ3n) is 2.57. The van der Waals surface area contributed by atoms with Crippen LogP contribution in [0.15, 0.2) is 18.2 Å². The van der Waals surface area contributed by atoms with Gasteiger partial charge in [0.1, 0.15) is 5.82 Å². The van der Waals surface area contributed by atoms with Crippen molar-refractivity contribution >= 4 is 5.69 Å². The van der Waals surface area contributed by atoms with Crippen LogP contribution in [0.1, 0.15) is 25.5 Å². The highest BCUT2D eigenvalue weighted by Crippen LogP contribution is 2.25. The molecule has 1 aromatic carbocycles. The molecule has 4 heteroatoms. The van der Waals surface area contributed by atoms with E-state index in [4.69, 9.17) is 10.8 Å². The number of nitrogens with zero attached hydrogens (tertiary/aromatic N) is 1. The van der Waals surface area contributed by atoms with E-state index in [2.05, 4.69) is 0 Å². The van der Waals surface area contributed by atoms with Gasteiger partial charge in [0.2, 0.25) is 0 Å². The number of aliphatic hydroxyl groups is 1. The van der Waals surface area contributed by atoms with Gasteiger partial charge in [0.25, 0.3) is 0 Å². The van der Waals surface area contributed by atoms with E-state index >= 15 is 0 Å². The molecule has 3 nitrogen and oxygen atoms in total. The molecule has 0 bridgehead atoms. The first-order chi connectivity index (χ1) is 7.60. The molecule has 0 aliphatic carbocycles. The number of likely N-dealkylation sites (N-methyl/N-ethyl adjacent to an activating group) is 1. The zero-order chi connectivity index (χ0) is 12.1. The van der Waals surface area contributed by atoms with Crippen LogP contribution in [-0.2, 0) is 0 Å². The van der Waals surface area contributed by atoms with Crippen molar-refractivity contribution in [1.29, 1.82) is 0 Å². The molecule has 0 aromatic heterocycles. The summed E-state index contributed by atoms with van der Waals surface area (Å²) in [5.74, 6) is -0.281. The Morgan fingerprint density at radius 2 is 2.19 bits per heavy atom. The van der Waals surface area contributed by atoms with Gasteiger partial charge in [-0.15, -0.1) is 0 Å². The van der Waals surface area contributed by atoms with Crippen molar-refractivity contribution < 1.29 is 9.50 Å². The van der Waals surface area contributed by atoms with E-state index in [0.717, 1.165) is 17.8 Å². The Labute approximate surface area is 95.7 Å². The molecule has 0 saturated heterocycles. The van der Waals surface area contributed by atoms with Gasteiger partial charge < -0.3 is 15.7 Å². The molecular formula is C12H19FN2O. The number of hydrogen-bond donors (Lipinski definition) is 2. The third kappa shape index (κ3) is 2.93. The third-order valence-corrected chi connectivity index (χ3v) is 2.57. The molecule has 0 saturated carbocycles. The van der Waals surface area contributed by atoms with Gasteiger partial charge in [-0.1, -0.05) is 0 Å². The van der Waals surface area contributed by atoms with E-state index in [1.54, 1.807) is 6.07 Å². The monoisotopic (exact) mass is 226 g/mol. The maximum absolute atomic E-state index is 13.1. The Morgan fingerprint density at radius 3 is 2.69 bits per heavy atom. The minimum Gasteiger partial charge on any atom is -0.395 e. The quantitative estimate of drug-likeness (QED) is 0.803. The van der Waals surface area contributed by atoms with Crippen molar-refractivity contribution in [3.05, 3.63) is 29.6 Å². The molecule has 16 heavy (non-hydrogen) atoms. The first kappa shape index (κ1) is 12.9. The second-order valence-electron chi connectivity index (χ2n) is 3.80. The average Bonchev–Trinajstić information content (AvgIpc) is 2.26. The lowest BCUT2D eigenvalue weighted by Gasteiger charge is -2.26. The lowest BCUT2D eigenvalue weighted by atomic mass is 10.1. The van der Waals surface area contributed by atoms with Gasteiger partial charge >= 0.3 is 0 Å². The number of rotatable bonds is 5. The molecule has 0 fully saturated rings. The Hall–Kier alpha value is -1.13. The molecule has 1 rings (SSSR count). The molecule has 0 amide bonds. The average molecular weight is 226 g/mol. The SMILES string of the molecule is CCN(CCO)c1ccc(F)cc1[C@@H](C)N. The van der Waals surface area contributed by atoms with Crippen molar-refractivity contribution in [3.63, 3.8) is 0 Å². The summed E-state index contributed by atoms with van der Waals surface area (Å²) in [6.45, 7) is 5.17. The fourth-order valence-electron chi connectivity index (χ4n) is 1.75. The van der Waals surface area contributed by atoms with E-state index in [1.165, 1.54) is 12.1 Å². The molecule has 90 valence electrons. The Balaban J connectivity index is 3.09. The zero-order valence-electron chi connectivity index (χ0n) is 9.78. The van der Waals surface area contributed by atoms with Gasteiger partial charge in [-0.05, 0) is 37.6 Å². The van der Waals surface area contributed by atoms with E-state index in [-0.39, 0.29) is 18.5 Å². The van der Waals surface area contributed by atoms with E-state index in [9.17, 15) is 4.39 Å². The first-order valence-corrected chi connectivity index (χ1v) is 5.51. The number of halogens is 1. The standard InChI is InChI=1S/C12H19FN2O/c1-3-15(6-7-16)12-5-4-10(13)8-11(12)9(2)14/h4-5,8-9,16H,3,6-7,14H2,1-2H3/t9-/m1/s1. The smallest absolute Gasteiger partial charge is 0.123 e. The summed E-state index contributed by atoms with van der Waals surface area (Å²) in [5.41, 5.74) is 7.49. The van der Waals surface area contributed by atoms with Crippen LogP contribution in [-0.4, -0.2) is 24.8 Å². The normalized spacial score (nSPS) is 12.6. The molecule has 0 heterocycles. The summed E-state index contributed by atoms with van der Waals surface area (Å²) < 4.78 is 13.1. The van der Waals surface area contributed by atoms with Crippen molar-refractivity contribution in [2.75, 3.05) is 24.6 Å². The number of anilines is 1. The minimum absolute atomic E-state index is 0.0730. The second kappa shape index (κ2) is 5.82. The maximum atomic E-state index is 13.1. The number of benzene rings is 1. The lowest BCUT2D eigenvalue weighted by molar-refractivity contribution is 0.302. The van der Waals surface area contributed by atoms with Gasteiger partial charge in [-0.2, -0.15) is 0 Å². The van der Waals surface area contributed by atoms with E-state index in [1.807, 2.05) is 18.7 Å². The molecule has 1 atom stereocenters. The molecule has 3 N–H and O–H groups in total. The van der Waals surface area contributed by atoms with Crippen LogP contribution in [0.5, 0.6) is 0 Å².